The summed E-state index contributed by atoms with van der Waals surface area (Å²) in [4.78, 5) is 12.4. The predicted octanol–water partition coefficient (Wildman–Crippen LogP) is 4.22. The molecule has 6 heteroatoms. The number of hydrogen-bond donors (Lipinski definition) is 2. The first-order chi connectivity index (χ1) is 9.92. The van der Waals surface area contributed by atoms with Crippen molar-refractivity contribution in [1.82, 2.24) is 0 Å². The molecular weight excluding hydrogens is 405 g/mol. The molecule has 110 valence electrons. The molecule has 0 aromatic heterocycles. The monoisotopic (exact) mass is 417 g/mol. The van der Waals surface area contributed by atoms with E-state index in [0.717, 1.165) is 9.13 Å². The quantitative estimate of drug-likeness (QED) is 0.581. The second kappa shape index (κ2) is 6.53. The van der Waals surface area contributed by atoms with Crippen LogP contribution in [0.15, 0.2) is 30.3 Å². The van der Waals surface area contributed by atoms with Crippen molar-refractivity contribution in [3.63, 3.8) is 0 Å². The van der Waals surface area contributed by atoms with Gasteiger partial charge in [0, 0.05) is 3.57 Å². The fourth-order valence-corrected chi connectivity index (χ4v) is 2.42. The molecule has 0 aliphatic heterocycles. The summed E-state index contributed by atoms with van der Waals surface area (Å²) in [6.07, 6.45) is 0. The van der Waals surface area contributed by atoms with Gasteiger partial charge in [0.05, 0.1) is 23.4 Å². The number of nitrogens with one attached hydrogen (secondary N) is 1. The molecule has 0 saturated heterocycles. The Morgan fingerprint density at radius 2 is 2.05 bits per heavy atom. The van der Waals surface area contributed by atoms with Gasteiger partial charge in [0.2, 0.25) is 0 Å². The summed E-state index contributed by atoms with van der Waals surface area (Å²) in [7, 11) is 1.49. The normalized spacial score (nSPS) is 10.3. The number of phenols is 1. The molecule has 21 heavy (non-hydrogen) atoms. The lowest BCUT2D eigenvalue weighted by Gasteiger charge is -2.12. The zero-order chi connectivity index (χ0) is 15.6. The van der Waals surface area contributed by atoms with Crippen LogP contribution in [0.3, 0.4) is 0 Å². The fourth-order valence-electron chi connectivity index (χ4n) is 1.81. The Hall–Kier alpha value is -1.47. The van der Waals surface area contributed by atoms with Crippen LogP contribution < -0.4 is 10.1 Å². The van der Waals surface area contributed by atoms with Crippen LogP contribution in [0.25, 0.3) is 0 Å². The highest BCUT2D eigenvalue weighted by atomic mass is 127. The van der Waals surface area contributed by atoms with Gasteiger partial charge in [-0.15, -0.1) is 0 Å². The van der Waals surface area contributed by atoms with Gasteiger partial charge < -0.3 is 15.2 Å². The zero-order valence-electron chi connectivity index (χ0n) is 11.4. The number of carbonyl (C=O) groups excluding carboxylic acids is 1. The molecule has 2 rings (SSSR count). The van der Waals surface area contributed by atoms with E-state index in [1.807, 2.05) is 6.92 Å². The van der Waals surface area contributed by atoms with Crippen molar-refractivity contribution in [1.29, 1.82) is 0 Å². The lowest BCUT2D eigenvalue weighted by atomic mass is 10.1. The van der Waals surface area contributed by atoms with Gasteiger partial charge in [0.15, 0.2) is 0 Å². The van der Waals surface area contributed by atoms with E-state index in [9.17, 15) is 9.90 Å². The standard InChI is InChI=1S/C15H13ClINO3/c1-8-3-4-13(19)12(5-8)18-15(20)9-6-10(16)11(17)7-14(9)21-2/h3-7,19H,1-2H3,(H,18,20). The Labute approximate surface area is 141 Å². The Morgan fingerprint density at radius 1 is 1.33 bits per heavy atom. The second-order valence-corrected chi connectivity index (χ2v) is 6.01. The number of hydrogen-bond acceptors (Lipinski definition) is 3. The molecule has 0 aliphatic carbocycles. The van der Waals surface area contributed by atoms with E-state index < -0.39 is 5.91 Å². The summed E-state index contributed by atoms with van der Waals surface area (Å²) in [5, 5.41) is 12.9. The topological polar surface area (TPSA) is 58.6 Å². The highest BCUT2D eigenvalue weighted by Gasteiger charge is 2.16. The Kier molecular flexibility index (Phi) is 4.95. The third kappa shape index (κ3) is 3.59. The van der Waals surface area contributed by atoms with E-state index in [1.54, 1.807) is 24.3 Å². The number of aromatic hydroxyl groups is 1. The van der Waals surface area contributed by atoms with Gasteiger partial charge in [-0.25, -0.2) is 0 Å². The van der Waals surface area contributed by atoms with Crippen LogP contribution in [0.1, 0.15) is 15.9 Å². The molecule has 2 aromatic rings. The van der Waals surface area contributed by atoms with Gasteiger partial charge in [0.25, 0.3) is 5.91 Å². The lowest BCUT2D eigenvalue weighted by molar-refractivity contribution is 0.102. The maximum Gasteiger partial charge on any atom is 0.259 e. The number of amides is 1. The van der Waals surface area contributed by atoms with Crippen molar-refractivity contribution < 1.29 is 14.6 Å². The molecule has 0 unspecified atom stereocenters. The average Bonchev–Trinajstić information content (AvgIpc) is 2.45. The van der Waals surface area contributed by atoms with Crippen molar-refractivity contribution >= 4 is 45.8 Å². The highest BCUT2D eigenvalue weighted by Crippen LogP contribution is 2.30. The molecule has 0 fully saturated rings. The highest BCUT2D eigenvalue weighted by molar-refractivity contribution is 14.1. The van der Waals surface area contributed by atoms with Crippen LogP contribution in [-0.4, -0.2) is 18.1 Å². The molecule has 4 nitrogen and oxygen atoms in total. The number of anilines is 1. The first kappa shape index (κ1) is 15.9. The van der Waals surface area contributed by atoms with Gasteiger partial charge in [-0.3, -0.25) is 4.79 Å². The van der Waals surface area contributed by atoms with Gasteiger partial charge in [-0.1, -0.05) is 17.7 Å². The first-order valence-electron chi connectivity index (χ1n) is 6.06. The molecule has 0 atom stereocenters. The van der Waals surface area contributed by atoms with Crippen LogP contribution >= 0.6 is 34.2 Å². The molecular formula is C15H13ClINO3. The molecule has 0 aliphatic rings. The van der Waals surface area contributed by atoms with E-state index in [2.05, 4.69) is 27.9 Å². The van der Waals surface area contributed by atoms with E-state index in [-0.39, 0.29) is 5.75 Å². The first-order valence-corrected chi connectivity index (χ1v) is 7.52. The minimum Gasteiger partial charge on any atom is -0.506 e. The lowest BCUT2D eigenvalue weighted by Crippen LogP contribution is -2.13. The van der Waals surface area contributed by atoms with Gasteiger partial charge in [0.1, 0.15) is 11.5 Å². The Bertz CT molecular complexity index is 704. The van der Waals surface area contributed by atoms with Crippen LogP contribution in [-0.2, 0) is 0 Å². The van der Waals surface area contributed by atoms with Crippen LogP contribution in [0.4, 0.5) is 5.69 Å². The molecule has 0 bridgehead atoms. The van der Waals surface area contributed by atoms with Crippen LogP contribution in [0.5, 0.6) is 11.5 Å². The van der Waals surface area contributed by atoms with Crippen LogP contribution in [0, 0.1) is 10.5 Å². The third-order valence-electron chi connectivity index (χ3n) is 2.89. The summed E-state index contributed by atoms with van der Waals surface area (Å²) in [5.41, 5.74) is 1.58. The Balaban J connectivity index is 2.36. The number of benzene rings is 2. The summed E-state index contributed by atoms with van der Waals surface area (Å²) in [5.74, 6) is 0.0315. The number of methoxy groups -OCH3 is 1. The van der Waals surface area contributed by atoms with Gasteiger partial charge in [-0.05, 0) is 59.3 Å². The van der Waals surface area contributed by atoms with E-state index in [1.165, 1.54) is 13.2 Å². The largest absolute Gasteiger partial charge is 0.506 e. The van der Waals surface area contributed by atoms with Gasteiger partial charge >= 0.3 is 0 Å². The van der Waals surface area contributed by atoms with Crippen molar-refractivity contribution in [2.24, 2.45) is 0 Å². The number of aryl methyl sites for hydroxylation is 1. The predicted molar refractivity (Wildman–Crippen MR) is 91.5 cm³/mol. The smallest absolute Gasteiger partial charge is 0.259 e. The summed E-state index contributed by atoms with van der Waals surface area (Å²) < 4.78 is 6.00. The molecule has 0 heterocycles. The van der Waals surface area contributed by atoms with Crippen molar-refractivity contribution in [2.45, 2.75) is 6.92 Å². The van der Waals surface area contributed by atoms with Crippen molar-refractivity contribution in [2.75, 3.05) is 12.4 Å². The summed E-state index contributed by atoms with van der Waals surface area (Å²) in [6.45, 7) is 1.87. The molecule has 0 saturated carbocycles. The van der Waals surface area contributed by atoms with E-state index in [0.29, 0.717) is 22.0 Å². The van der Waals surface area contributed by atoms with Crippen molar-refractivity contribution in [3.8, 4) is 11.5 Å². The number of rotatable bonds is 3. The number of phenolic OH excluding ortho intramolecular Hbond substituents is 1. The molecule has 2 aromatic carbocycles. The van der Waals surface area contributed by atoms with Gasteiger partial charge in [-0.2, -0.15) is 0 Å². The van der Waals surface area contributed by atoms with Crippen molar-refractivity contribution in [3.05, 3.63) is 50.1 Å². The minimum atomic E-state index is -0.397. The average molecular weight is 418 g/mol. The maximum absolute atomic E-state index is 12.4. The van der Waals surface area contributed by atoms with E-state index >= 15 is 0 Å². The maximum atomic E-state index is 12.4. The number of halogens is 2. The SMILES string of the molecule is COc1cc(I)c(Cl)cc1C(=O)Nc1cc(C)ccc1O. The summed E-state index contributed by atoms with van der Waals surface area (Å²) in [6, 6.07) is 8.21. The zero-order valence-corrected chi connectivity index (χ0v) is 14.3. The molecule has 0 spiro atoms. The Morgan fingerprint density at radius 3 is 2.71 bits per heavy atom. The third-order valence-corrected chi connectivity index (χ3v) is 4.41. The number of ether oxygens (including phenoxy) is 1. The van der Waals surface area contributed by atoms with E-state index in [4.69, 9.17) is 16.3 Å². The second-order valence-electron chi connectivity index (χ2n) is 4.44. The summed E-state index contributed by atoms with van der Waals surface area (Å²) >= 11 is 8.12. The number of carbonyl (C=O) groups is 1. The minimum absolute atomic E-state index is 0.00419. The fraction of sp³-hybridized carbons (Fsp3) is 0.133. The molecule has 2 N–H and O–H groups in total. The molecule has 1 amide bonds. The van der Waals surface area contributed by atoms with Crippen LogP contribution in [0.2, 0.25) is 5.02 Å². The molecule has 0 radical (unpaired) electrons.